The van der Waals surface area contributed by atoms with Gasteiger partial charge in [-0.2, -0.15) is 0 Å². The van der Waals surface area contributed by atoms with E-state index in [1.54, 1.807) is 11.8 Å². The third-order valence-electron chi connectivity index (χ3n) is 4.95. The van der Waals surface area contributed by atoms with Crippen LogP contribution in [0.5, 0.6) is 0 Å². The van der Waals surface area contributed by atoms with Gasteiger partial charge in [-0.3, -0.25) is 9.59 Å². The number of hydrogen-bond acceptors (Lipinski definition) is 4. The molecule has 0 aliphatic carbocycles. The summed E-state index contributed by atoms with van der Waals surface area (Å²) >= 11 is 0. The second-order valence-corrected chi connectivity index (χ2v) is 6.33. The number of carbonyl (C=O) groups excluding carboxylic acids is 2. The van der Waals surface area contributed by atoms with E-state index in [2.05, 4.69) is 0 Å². The number of hydrogen-bond donors (Lipinski definition) is 0. The fraction of sp³-hybridized carbons (Fsp3) is 0.444. The average molecular weight is 313 g/mol. The van der Waals surface area contributed by atoms with Crippen LogP contribution in [0.25, 0.3) is 0 Å². The van der Waals surface area contributed by atoms with E-state index in [4.69, 9.17) is 9.47 Å². The minimum Gasteiger partial charge on any atom is -0.466 e. The molecule has 3 heterocycles. The Morgan fingerprint density at radius 1 is 1.39 bits per heavy atom. The lowest BCUT2D eigenvalue weighted by Crippen LogP contribution is -2.39. The molecule has 2 saturated heterocycles. The lowest BCUT2D eigenvalue weighted by Gasteiger charge is -2.22. The van der Waals surface area contributed by atoms with Crippen LogP contribution in [0.1, 0.15) is 12.5 Å². The third kappa shape index (κ3) is 2.10. The van der Waals surface area contributed by atoms with Crippen LogP contribution in [-0.4, -0.2) is 41.6 Å². The van der Waals surface area contributed by atoms with Gasteiger partial charge in [-0.15, -0.1) is 0 Å². The summed E-state index contributed by atoms with van der Waals surface area (Å²) < 4.78 is 11.2. The van der Waals surface area contributed by atoms with Crippen molar-refractivity contribution >= 4 is 11.9 Å². The summed E-state index contributed by atoms with van der Waals surface area (Å²) in [6, 6.07) is 9.86. The molecule has 1 aromatic carbocycles. The molecule has 3 aliphatic heterocycles. The number of benzene rings is 1. The fourth-order valence-electron chi connectivity index (χ4n) is 4.02. The van der Waals surface area contributed by atoms with Crippen molar-refractivity contribution in [1.29, 1.82) is 0 Å². The summed E-state index contributed by atoms with van der Waals surface area (Å²) in [4.78, 5) is 27.0. The maximum absolute atomic E-state index is 12.9. The van der Waals surface area contributed by atoms with E-state index in [-0.39, 0.29) is 18.0 Å². The van der Waals surface area contributed by atoms with Gasteiger partial charge < -0.3 is 14.4 Å². The van der Waals surface area contributed by atoms with Crippen molar-refractivity contribution in [2.24, 2.45) is 11.8 Å². The Bertz CT molecular complexity index is 671. The van der Waals surface area contributed by atoms with E-state index in [1.165, 1.54) is 0 Å². The van der Waals surface area contributed by atoms with Gasteiger partial charge in [-0.05, 0) is 12.5 Å². The van der Waals surface area contributed by atoms with Gasteiger partial charge in [0.05, 0.1) is 25.2 Å². The molecule has 5 heteroatoms. The summed E-state index contributed by atoms with van der Waals surface area (Å²) in [6.07, 6.45) is 3.53. The first-order chi connectivity index (χ1) is 11.1. The zero-order chi connectivity index (χ0) is 16.0. The quantitative estimate of drug-likeness (QED) is 0.625. The molecule has 23 heavy (non-hydrogen) atoms. The first-order valence-corrected chi connectivity index (χ1v) is 8.01. The third-order valence-corrected chi connectivity index (χ3v) is 4.95. The summed E-state index contributed by atoms with van der Waals surface area (Å²) in [5.41, 5.74) is 0.414. The Labute approximate surface area is 134 Å². The Hall–Kier alpha value is -2.14. The topological polar surface area (TPSA) is 55.8 Å². The predicted octanol–water partition coefficient (Wildman–Crippen LogP) is 1.53. The van der Waals surface area contributed by atoms with Crippen molar-refractivity contribution in [2.75, 3.05) is 13.2 Å². The van der Waals surface area contributed by atoms with Crippen LogP contribution in [0.2, 0.25) is 0 Å². The molecule has 1 aromatic rings. The first kappa shape index (κ1) is 14.5. The number of ether oxygens (including phenoxy) is 2. The van der Waals surface area contributed by atoms with E-state index in [0.29, 0.717) is 19.7 Å². The molecule has 0 radical (unpaired) electrons. The lowest BCUT2D eigenvalue weighted by molar-refractivity contribution is -0.153. The van der Waals surface area contributed by atoms with Crippen LogP contribution < -0.4 is 0 Å². The average Bonchev–Trinajstić information content (AvgIpc) is 3.17. The number of likely N-dealkylation sites (tertiary alicyclic amines) is 1. The second kappa shape index (κ2) is 5.20. The molecule has 0 unspecified atom stereocenters. The first-order valence-electron chi connectivity index (χ1n) is 8.01. The molecule has 2 fully saturated rings. The Morgan fingerprint density at radius 2 is 2.17 bits per heavy atom. The number of rotatable bonds is 4. The monoisotopic (exact) mass is 313 g/mol. The van der Waals surface area contributed by atoms with Crippen molar-refractivity contribution in [3.05, 3.63) is 48.0 Å². The minimum atomic E-state index is -0.659. The number of fused-ring (bicyclic) bond motifs is 1. The lowest BCUT2D eigenvalue weighted by atomic mass is 9.77. The zero-order valence-corrected chi connectivity index (χ0v) is 13.0. The summed E-state index contributed by atoms with van der Waals surface area (Å²) in [7, 11) is 0. The molecule has 1 amide bonds. The van der Waals surface area contributed by atoms with Crippen LogP contribution in [0.3, 0.4) is 0 Å². The van der Waals surface area contributed by atoms with Gasteiger partial charge in [0.15, 0.2) is 0 Å². The van der Waals surface area contributed by atoms with Gasteiger partial charge in [0.25, 0.3) is 0 Å². The smallest absolute Gasteiger partial charge is 0.312 e. The molecule has 5 nitrogen and oxygen atoms in total. The molecule has 0 aromatic heterocycles. The highest BCUT2D eigenvalue weighted by molar-refractivity contribution is 5.91. The van der Waals surface area contributed by atoms with Gasteiger partial charge in [-0.25, -0.2) is 0 Å². The Kier molecular flexibility index (Phi) is 3.27. The van der Waals surface area contributed by atoms with Gasteiger partial charge >= 0.3 is 5.97 Å². The van der Waals surface area contributed by atoms with Gasteiger partial charge in [0.2, 0.25) is 5.91 Å². The fourth-order valence-corrected chi connectivity index (χ4v) is 4.02. The van der Waals surface area contributed by atoms with Crippen LogP contribution in [-0.2, 0) is 25.6 Å². The SMILES string of the molecule is CCOC(=O)[C@@H]1[C@H]2C(=O)N(Cc3ccccc3)C[C@]23C=C[C@H]1O3. The van der Waals surface area contributed by atoms with Gasteiger partial charge in [-0.1, -0.05) is 42.5 Å². The number of carbonyl (C=O) groups is 2. The van der Waals surface area contributed by atoms with E-state index in [1.807, 2.05) is 42.5 Å². The molecule has 120 valence electrons. The summed E-state index contributed by atoms with van der Waals surface area (Å²) in [5, 5.41) is 0. The van der Waals surface area contributed by atoms with Crippen molar-refractivity contribution in [1.82, 2.24) is 4.90 Å². The van der Waals surface area contributed by atoms with E-state index >= 15 is 0 Å². The summed E-state index contributed by atoms with van der Waals surface area (Å²) in [6.45, 7) is 3.12. The van der Waals surface area contributed by atoms with Crippen LogP contribution >= 0.6 is 0 Å². The van der Waals surface area contributed by atoms with Crippen molar-refractivity contribution in [3.63, 3.8) is 0 Å². The van der Waals surface area contributed by atoms with Crippen LogP contribution in [0.4, 0.5) is 0 Å². The number of nitrogens with zero attached hydrogens (tertiary/aromatic N) is 1. The van der Waals surface area contributed by atoms with Crippen LogP contribution in [0, 0.1) is 11.8 Å². The summed E-state index contributed by atoms with van der Waals surface area (Å²) in [5.74, 6) is -1.32. The van der Waals surface area contributed by atoms with Crippen LogP contribution in [0.15, 0.2) is 42.5 Å². The van der Waals surface area contributed by atoms with Crippen molar-refractivity contribution < 1.29 is 19.1 Å². The molecule has 0 N–H and O–H groups in total. The molecule has 1 spiro atoms. The highest BCUT2D eigenvalue weighted by Gasteiger charge is 2.67. The molecular formula is C18H19NO4. The van der Waals surface area contributed by atoms with E-state index < -0.39 is 17.4 Å². The molecule has 4 atom stereocenters. The molecular weight excluding hydrogens is 294 g/mol. The standard InChI is InChI=1S/C18H19NO4/c1-2-22-17(21)14-13-8-9-18(23-13)11-19(16(20)15(14)18)10-12-6-4-3-5-7-12/h3-9,13-15H,2,10-11H2,1H3/t13-,14+,15+,18-/m1/s1. The molecule has 4 rings (SSSR count). The maximum atomic E-state index is 12.9. The van der Waals surface area contributed by atoms with E-state index in [9.17, 15) is 9.59 Å². The van der Waals surface area contributed by atoms with Crippen molar-refractivity contribution in [2.45, 2.75) is 25.2 Å². The normalized spacial score (nSPS) is 34.0. The Balaban J connectivity index is 1.60. The molecule has 3 aliphatic rings. The second-order valence-electron chi connectivity index (χ2n) is 6.33. The highest BCUT2D eigenvalue weighted by Crippen LogP contribution is 2.52. The maximum Gasteiger partial charge on any atom is 0.312 e. The number of esters is 1. The van der Waals surface area contributed by atoms with Crippen molar-refractivity contribution in [3.8, 4) is 0 Å². The van der Waals surface area contributed by atoms with E-state index in [0.717, 1.165) is 5.56 Å². The minimum absolute atomic E-state index is 0.0150. The largest absolute Gasteiger partial charge is 0.466 e. The molecule has 0 saturated carbocycles. The zero-order valence-electron chi connectivity index (χ0n) is 13.0. The Morgan fingerprint density at radius 3 is 2.91 bits per heavy atom. The molecule has 2 bridgehead atoms. The highest BCUT2D eigenvalue weighted by atomic mass is 16.6. The predicted molar refractivity (Wildman–Crippen MR) is 82.2 cm³/mol. The van der Waals surface area contributed by atoms with Gasteiger partial charge in [0.1, 0.15) is 11.5 Å². The van der Waals surface area contributed by atoms with Gasteiger partial charge in [0, 0.05) is 6.54 Å². The number of amides is 1.